The molecular weight excluding hydrogens is 229 g/mol. The van der Waals surface area contributed by atoms with Gasteiger partial charge in [-0.3, -0.25) is 0 Å². The van der Waals surface area contributed by atoms with E-state index in [1.54, 1.807) is 18.3 Å². The molecule has 0 aliphatic carbocycles. The Hall–Kier alpha value is -2.23. The zero-order chi connectivity index (χ0) is 12.4. The number of hydrazone groups is 1. The van der Waals surface area contributed by atoms with Gasteiger partial charge in [-0.2, -0.15) is 5.10 Å². The Bertz CT molecular complexity index is 551. The summed E-state index contributed by atoms with van der Waals surface area (Å²) >= 11 is 0. The van der Waals surface area contributed by atoms with E-state index in [-0.39, 0.29) is 11.9 Å². The molecule has 2 aromatic rings. The molecule has 90 valence electrons. The fourth-order valence-electron chi connectivity index (χ4n) is 2.09. The lowest BCUT2D eigenvalue weighted by Gasteiger charge is -2.22. The van der Waals surface area contributed by atoms with Crippen molar-refractivity contribution in [3.63, 3.8) is 0 Å². The molecule has 0 bridgehead atoms. The number of benzene rings is 1. The second-order valence-electron chi connectivity index (χ2n) is 4.13. The Morgan fingerprint density at radius 1 is 1.11 bits per heavy atom. The van der Waals surface area contributed by atoms with Gasteiger partial charge in [0.15, 0.2) is 0 Å². The summed E-state index contributed by atoms with van der Waals surface area (Å²) in [5.41, 5.74) is 1.04. The van der Waals surface area contributed by atoms with E-state index >= 15 is 0 Å². The average Bonchev–Trinajstić information content (AvgIpc) is 2.90. The number of aromatic nitrogens is 1. The van der Waals surface area contributed by atoms with Gasteiger partial charge in [-0.15, -0.1) is 0 Å². The van der Waals surface area contributed by atoms with Crippen molar-refractivity contribution in [3.8, 4) is 0 Å². The standard InChI is InChI=1S/C14H12FN3/c15-12-6-4-11(5-7-12)13-8-10-17-18(13)14-3-1-2-9-16-14/h1-7,9-10,13H,8H2. The molecule has 0 spiro atoms. The van der Waals surface area contributed by atoms with E-state index in [4.69, 9.17) is 0 Å². The number of hydrogen-bond acceptors (Lipinski definition) is 3. The molecule has 4 heteroatoms. The smallest absolute Gasteiger partial charge is 0.149 e. The van der Waals surface area contributed by atoms with Gasteiger partial charge in [0.25, 0.3) is 0 Å². The maximum absolute atomic E-state index is 12.9. The minimum Gasteiger partial charge on any atom is -0.240 e. The molecule has 1 aromatic heterocycles. The molecule has 1 aliphatic heterocycles. The second kappa shape index (κ2) is 4.56. The molecule has 1 atom stereocenters. The van der Waals surface area contributed by atoms with Crippen LogP contribution in [0.15, 0.2) is 53.8 Å². The Morgan fingerprint density at radius 3 is 2.67 bits per heavy atom. The molecule has 0 amide bonds. The third-order valence-corrected chi connectivity index (χ3v) is 2.97. The first kappa shape index (κ1) is 10.9. The molecule has 3 rings (SSSR count). The maximum atomic E-state index is 12.9. The lowest BCUT2D eigenvalue weighted by Crippen LogP contribution is -2.19. The van der Waals surface area contributed by atoms with Gasteiger partial charge < -0.3 is 0 Å². The number of halogens is 1. The van der Waals surface area contributed by atoms with Crippen LogP contribution in [0.25, 0.3) is 0 Å². The molecule has 0 fully saturated rings. The minimum atomic E-state index is -0.220. The lowest BCUT2D eigenvalue weighted by molar-refractivity contribution is 0.624. The Morgan fingerprint density at radius 2 is 1.94 bits per heavy atom. The number of nitrogens with zero attached hydrogens (tertiary/aromatic N) is 3. The van der Waals surface area contributed by atoms with Gasteiger partial charge in [0.2, 0.25) is 0 Å². The molecule has 0 saturated heterocycles. The normalized spacial score (nSPS) is 18.3. The Labute approximate surface area is 105 Å². The summed E-state index contributed by atoms with van der Waals surface area (Å²) < 4.78 is 12.9. The van der Waals surface area contributed by atoms with Crippen molar-refractivity contribution in [3.05, 3.63) is 60.0 Å². The first-order valence-corrected chi connectivity index (χ1v) is 5.83. The molecule has 18 heavy (non-hydrogen) atoms. The first-order chi connectivity index (χ1) is 8.84. The molecule has 0 radical (unpaired) electrons. The van der Waals surface area contributed by atoms with E-state index in [9.17, 15) is 4.39 Å². The highest BCUT2D eigenvalue weighted by Crippen LogP contribution is 2.31. The first-order valence-electron chi connectivity index (χ1n) is 5.83. The summed E-state index contributed by atoms with van der Waals surface area (Å²) in [6, 6.07) is 12.4. The predicted octanol–water partition coefficient (Wildman–Crippen LogP) is 3.16. The Kier molecular flexibility index (Phi) is 2.76. The molecule has 1 unspecified atom stereocenters. The fourth-order valence-corrected chi connectivity index (χ4v) is 2.09. The van der Waals surface area contributed by atoms with Gasteiger partial charge in [0, 0.05) is 18.8 Å². The topological polar surface area (TPSA) is 28.5 Å². The van der Waals surface area contributed by atoms with E-state index in [2.05, 4.69) is 10.1 Å². The summed E-state index contributed by atoms with van der Waals surface area (Å²) in [7, 11) is 0. The van der Waals surface area contributed by atoms with E-state index in [0.717, 1.165) is 17.8 Å². The Balaban J connectivity index is 1.91. The van der Waals surface area contributed by atoms with Crippen molar-refractivity contribution in [1.82, 2.24) is 4.98 Å². The molecule has 2 heterocycles. The zero-order valence-corrected chi connectivity index (χ0v) is 9.70. The lowest BCUT2D eigenvalue weighted by atomic mass is 10.0. The monoisotopic (exact) mass is 241 g/mol. The van der Waals surface area contributed by atoms with Crippen LogP contribution < -0.4 is 5.01 Å². The van der Waals surface area contributed by atoms with E-state index < -0.39 is 0 Å². The largest absolute Gasteiger partial charge is 0.240 e. The summed E-state index contributed by atoms with van der Waals surface area (Å²) in [6.07, 6.45) is 4.41. The van der Waals surface area contributed by atoms with Crippen LogP contribution in [0.4, 0.5) is 10.2 Å². The van der Waals surface area contributed by atoms with E-state index in [0.29, 0.717) is 0 Å². The van der Waals surface area contributed by atoms with E-state index in [1.165, 1.54) is 12.1 Å². The second-order valence-corrected chi connectivity index (χ2v) is 4.13. The van der Waals surface area contributed by atoms with Crippen LogP contribution in [0.2, 0.25) is 0 Å². The van der Waals surface area contributed by atoms with Crippen LogP contribution in [-0.2, 0) is 0 Å². The summed E-state index contributed by atoms with van der Waals surface area (Å²) in [4.78, 5) is 4.29. The van der Waals surface area contributed by atoms with Crippen molar-refractivity contribution < 1.29 is 4.39 Å². The van der Waals surface area contributed by atoms with Gasteiger partial charge in [0.1, 0.15) is 11.6 Å². The van der Waals surface area contributed by atoms with Gasteiger partial charge in [-0.25, -0.2) is 14.4 Å². The van der Waals surface area contributed by atoms with Crippen molar-refractivity contribution in [2.75, 3.05) is 5.01 Å². The van der Waals surface area contributed by atoms with Crippen molar-refractivity contribution >= 4 is 12.0 Å². The highest BCUT2D eigenvalue weighted by atomic mass is 19.1. The minimum absolute atomic E-state index is 0.0977. The van der Waals surface area contributed by atoms with Gasteiger partial charge >= 0.3 is 0 Å². The molecule has 1 aromatic carbocycles. The fraction of sp³-hybridized carbons (Fsp3) is 0.143. The third kappa shape index (κ3) is 1.97. The number of hydrogen-bond donors (Lipinski definition) is 0. The van der Waals surface area contributed by atoms with Crippen molar-refractivity contribution in [2.45, 2.75) is 12.5 Å². The summed E-state index contributed by atoms with van der Waals surface area (Å²) in [5.74, 6) is 0.586. The predicted molar refractivity (Wildman–Crippen MR) is 69.0 cm³/mol. The number of anilines is 1. The van der Waals surface area contributed by atoms with Gasteiger partial charge in [-0.1, -0.05) is 18.2 Å². The number of rotatable bonds is 2. The SMILES string of the molecule is Fc1ccc(C2CC=NN2c2ccccn2)cc1. The molecule has 0 saturated carbocycles. The van der Waals surface area contributed by atoms with Crippen LogP contribution in [0.5, 0.6) is 0 Å². The van der Waals surface area contributed by atoms with Crippen LogP contribution >= 0.6 is 0 Å². The van der Waals surface area contributed by atoms with Crippen LogP contribution in [-0.4, -0.2) is 11.2 Å². The third-order valence-electron chi connectivity index (χ3n) is 2.97. The van der Waals surface area contributed by atoms with E-state index in [1.807, 2.05) is 29.4 Å². The maximum Gasteiger partial charge on any atom is 0.149 e. The van der Waals surface area contributed by atoms with Gasteiger partial charge in [0.05, 0.1) is 6.04 Å². The van der Waals surface area contributed by atoms with Gasteiger partial charge in [-0.05, 0) is 29.8 Å². The van der Waals surface area contributed by atoms with Crippen LogP contribution in [0, 0.1) is 5.82 Å². The number of pyridine rings is 1. The van der Waals surface area contributed by atoms with Crippen molar-refractivity contribution in [1.29, 1.82) is 0 Å². The van der Waals surface area contributed by atoms with Crippen LogP contribution in [0.3, 0.4) is 0 Å². The average molecular weight is 241 g/mol. The summed E-state index contributed by atoms with van der Waals surface area (Å²) in [5, 5.41) is 6.21. The van der Waals surface area contributed by atoms with Crippen molar-refractivity contribution in [2.24, 2.45) is 5.10 Å². The molecule has 1 aliphatic rings. The zero-order valence-electron chi connectivity index (χ0n) is 9.70. The molecule has 0 N–H and O–H groups in total. The van der Waals surface area contributed by atoms with Crippen LogP contribution in [0.1, 0.15) is 18.0 Å². The quantitative estimate of drug-likeness (QED) is 0.808. The highest BCUT2D eigenvalue weighted by molar-refractivity contribution is 5.66. The highest BCUT2D eigenvalue weighted by Gasteiger charge is 2.24. The molecular formula is C14H12FN3. The summed E-state index contributed by atoms with van der Waals surface area (Å²) in [6.45, 7) is 0. The molecule has 3 nitrogen and oxygen atoms in total.